The number of ether oxygens (including phenoxy) is 1. The molecule has 0 unspecified atom stereocenters. The smallest absolute Gasteiger partial charge is 0.191 e. The molecule has 28 heavy (non-hydrogen) atoms. The van der Waals surface area contributed by atoms with Gasteiger partial charge in [0.1, 0.15) is 12.4 Å². The van der Waals surface area contributed by atoms with Crippen molar-refractivity contribution in [2.75, 3.05) is 0 Å². The van der Waals surface area contributed by atoms with Crippen LogP contribution in [0.1, 0.15) is 22.5 Å². The Kier molecular flexibility index (Phi) is 7.05. The van der Waals surface area contributed by atoms with Crippen LogP contribution in [0.2, 0.25) is 10.0 Å². The van der Waals surface area contributed by atoms with E-state index in [4.69, 9.17) is 27.9 Å². The minimum absolute atomic E-state index is 0.322. The number of aromatic nitrogens is 3. The monoisotopic (exact) mass is 433 g/mol. The number of thioether (sulfide) groups is 1. The Hall–Kier alpha value is -1.95. The molecular weight excluding hydrogens is 413 g/mol. The summed E-state index contributed by atoms with van der Waals surface area (Å²) in [6, 6.07) is 11.7. The molecule has 0 saturated heterocycles. The Morgan fingerprint density at radius 3 is 2.43 bits per heavy atom. The Balaban J connectivity index is 1.71. The molecule has 0 radical (unpaired) electrons. The number of halogens is 2. The summed E-state index contributed by atoms with van der Waals surface area (Å²) >= 11 is 13.8. The van der Waals surface area contributed by atoms with Crippen LogP contribution in [0, 0.1) is 13.8 Å². The van der Waals surface area contributed by atoms with Gasteiger partial charge in [0.15, 0.2) is 11.0 Å². The molecule has 7 heteroatoms. The normalized spacial score (nSPS) is 10.9. The van der Waals surface area contributed by atoms with Gasteiger partial charge >= 0.3 is 0 Å². The fraction of sp³-hybridized carbons (Fsp3) is 0.238. The summed E-state index contributed by atoms with van der Waals surface area (Å²) in [5.41, 5.74) is 3.15. The van der Waals surface area contributed by atoms with E-state index >= 15 is 0 Å². The predicted octanol–water partition coefficient (Wildman–Crippen LogP) is 6.26. The van der Waals surface area contributed by atoms with Gasteiger partial charge in [0.2, 0.25) is 0 Å². The van der Waals surface area contributed by atoms with Gasteiger partial charge in [-0.3, -0.25) is 4.57 Å². The maximum Gasteiger partial charge on any atom is 0.191 e. The molecule has 4 nitrogen and oxygen atoms in total. The van der Waals surface area contributed by atoms with Gasteiger partial charge in [-0.1, -0.05) is 53.2 Å². The average molecular weight is 434 g/mol. The van der Waals surface area contributed by atoms with E-state index in [1.165, 1.54) is 5.56 Å². The zero-order valence-corrected chi connectivity index (χ0v) is 18.1. The van der Waals surface area contributed by atoms with Gasteiger partial charge in [-0.25, -0.2) is 0 Å². The standard InChI is InChI=1S/C21H21Cl2N3OS/c1-4-9-26-19(12-27-18-10-14(2)20(23)15(3)11-18)24-25-21(26)28-13-16-5-7-17(22)8-6-16/h4-8,10-11H,1,9,12-13H2,2-3H3. The lowest BCUT2D eigenvalue weighted by Crippen LogP contribution is -2.07. The molecule has 0 saturated carbocycles. The van der Waals surface area contributed by atoms with Crippen molar-refractivity contribution in [2.45, 2.75) is 37.9 Å². The number of benzene rings is 2. The average Bonchev–Trinajstić information content (AvgIpc) is 3.06. The van der Waals surface area contributed by atoms with E-state index in [-0.39, 0.29) is 0 Å². The zero-order valence-electron chi connectivity index (χ0n) is 15.8. The summed E-state index contributed by atoms with van der Waals surface area (Å²) < 4.78 is 7.96. The number of allylic oxidation sites excluding steroid dienone is 1. The van der Waals surface area contributed by atoms with Crippen molar-refractivity contribution in [3.8, 4) is 5.75 Å². The fourth-order valence-electron chi connectivity index (χ4n) is 2.71. The Morgan fingerprint density at radius 2 is 1.79 bits per heavy atom. The van der Waals surface area contributed by atoms with Crippen LogP contribution < -0.4 is 4.74 Å². The number of nitrogens with zero attached hydrogens (tertiary/aromatic N) is 3. The van der Waals surface area contributed by atoms with Gasteiger partial charge in [0, 0.05) is 22.3 Å². The van der Waals surface area contributed by atoms with Gasteiger partial charge in [-0.15, -0.1) is 16.8 Å². The Morgan fingerprint density at radius 1 is 1.11 bits per heavy atom. The molecule has 3 rings (SSSR count). The van der Waals surface area contributed by atoms with E-state index in [9.17, 15) is 0 Å². The third kappa shape index (κ3) is 5.10. The van der Waals surface area contributed by atoms with E-state index < -0.39 is 0 Å². The van der Waals surface area contributed by atoms with Crippen LogP contribution in [0.3, 0.4) is 0 Å². The molecule has 0 aliphatic heterocycles. The summed E-state index contributed by atoms with van der Waals surface area (Å²) in [5, 5.41) is 11.0. The Bertz CT molecular complexity index is 947. The van der Waals surface area contributed by atoms with Crippen LogP contribution in [0.5, 0.6) is 5.75 Å². The van der Waals surface area contributed by atoms with Crippen LogP contribution in [-0.4, -0.2) is 14.8 Å². The van der Waals surface area contributed by atoms with Crippen LogP contribution in [0.4, 0.5) is 0 Å². The van der Waals surface area contributed by atoms with Gasteiger partial charge < -0.3 is 4.74 Å². The van der Waals surface area contributed by atoms with Crippen molar-refractivity contribution >= 4 is 35.0 Å². The number of hydrogen-bond donors (Lipinski definition) is 0. The van der Waals surface area contributed by atoms with Crippen molar-refractivity contribution in [1.29, 1.82) is 0 Å². The van der Waals surface area contributed by atoms with E-state index in [1.54, 1.807) is 11.8 Å². The van der Waals surface area contributed by atoms with Gasteiger partial charge in [0.25, 0.3) is 0 Å². The lowest BCUT2D eigenvalue weighted by Gasteiger charge is -2.11. The van der Waals surface area contributed by atoms with Crippen LogP contribution in [-0.2, 0) is 18.9 Å². The first-order valence-corrected chi connectivity index (χ1v) is 10.5. The first kappa shape index (κ1) is 20.8. The molecule has 2 aromatic carbocycles. The number of rotatable bonds is 8. The Labute approximate surface area is 179 Å². The minimum atomic E-state index is 0.322. The largest absolute Gasteiger partial charge is 0.486 e. The summed E-state index contributed by atoms with van der Waals surface area (Å²) in [4.78, 5) is 0. The molecule has 0 fully saturated rings. The van der Waals surface area contributed by atoms with E-state index in [0.717, 1.165) is 43.7 Å². The minimum Gasteiger partial charge on any atom is -0.486 e. The van der Waals surface area contributed by atoms with Crippen LogP contribution in [0.25, 0.3) is 0 Å². The second-order valence-electron chi connectivity index (χ2n) is 6.37. The molecule has 1 heterocycles. The third-order valence-corrected chi connectivity index (χ3v) is 6.05. The van der Waals surface area contributed by atoms with Crippen molar-refractivity contribution < 1.29 is 4.74 Å². The highest BCUT2D eigenvalue weighted by atomic mass is 35.5. The second kappa shape index (κ2) is 9.50. The van der Waals surface area contributed by atoms with E-state index in [0.29, 0.717) is 13.2 Å². The van der Waals surface area contributed by atoms with Crippen LogP contribution >= 0.6 is 35.0 Å². The van der Waals surface area contributed by atoms with Crippen molar-refractivity contribution in [3.63, 3.8) is 0 Å². The summed E-state index contributed by atoms with van der Waals surface area (Å²) in [5.74, 6) is 2.30. The molecular formula is C21H21Cl2N3OS. The van der Waals surface area contributed by atoms with Gasteiger partial charge in [-0.2, -0.15) is 0 Å². The fourth-order valence-corrected chi connectivity index (χ4v) is 3.87. The molecule has 0 aliphatic carbocycles. The SMILES string of the molecule is C=CCn1c(COc2cc(C)c(Cl)c(C)c2)nnc1SCc1ccc(Cl)cc1. The highest BCUT2D eigenvalue weighted by Crippen LogP contribution is 2.27. The summed E-state index contributed by atoms with van der Waals surface area (Å²) in [6.45, 7) is 8.71. The highest BCUT2D eigenvalue weighted by Gasteiger charge is 2.13. The summed E-state index contributed by atoms with van der Waals surface area (Å²) in [6.07, 6.45) is 1.83. The molecule has 1 aromatic heterocycles. The molecule has 0 amide bonds. The highest BCUT2D eigenvalue weighted by molar-refractivity contribution is 7.98. The van der Waals surface area contributed by atoms with Crippen LogP contribution in [0.15, 0.2) is 54.2 Å². The number of hydrogen-bond acceptors (Lipinski definition) is 4. The molecule has 0 aliphatic rings. The van der Waals surface area contributed by atoms with Gasteiger partial charge in [0.05, 0.1) is 0 Å². The first-order chi connectivity index (χ1) is 13.5. The van der Waals surface area contributed by atoms with Crippen molar-refractivity contribution in [1.82, 2.24) is 14.8 Å². The van der Waals surface area contributed by atoms with Crippen molar-refractivity contribution in [2.24, 2.45) is 0 Å². The number of aryl methyl sites for hydroxylation is 2. The maximum absolute atomic E-state index is 6.23. The van der Waals surface area contributed by atoms with Gasteiger partial charge in [-0.05, 0) is 54.8 Å². The topological polar surface area (TPSA) is 39.9 Å². The predicted molar refractivity (Wildman–Crippen MR) is 116 cm³/mol. The van der Waals surface area contributed by atoms with E-state index in [1.807, 2.05) is 60.9 Å². The quantitative estimate of drug-likeness (QED) is 0.310. The summed E-state index contributed by atoms with van der Waals surface area (Å²) in [7, 11) is 0. The first-order valence-electron chi connectivity index (χ1n) is 8.77. The second-order valence-corrected chi connectivity index (χ2v) is 8.13. The van der Waals surface area contributed by atoms with E-state index in [2.05, 4.69) is 16.8 Å². The molecule has 146 valence electrons. The third-order valence-electron chi connectivity index (χ3n) is 4.16. The molecule has 0 atom stereocenters. The van der Waals surface area contributed by atoms with Crippen molar-refractivity contribution in [3.05, 3.63) is 81.6 Å². The molecule has 0 bridgehead atoms. The molecule has 0 N–H and O–H groups in total. The lowest BCUT2D eigenvalue weighted by molar-refractivity contribution is 0.289. The zero-order chi connectivity index (χ0) is 20.1. The molecule has 3 aromatic rings. The lowest BCUT2D eigenvalue weighted by atomic mass is 10.1. The molecule has 0 spiro atoms. The maximum atomic E-state index is 6.23.